The standard InChI is InChI=1S/C17H19BrF3N3O4S/c18-11-6-5-9(7-10(11)17(19,20)21)22-14(25)4-2-1-3-13-15-12(8-29(13,27)28)23-16(26)24-15/h5-7,12-13,15H,1-4,8H2,(H,22,25)(H2,23,24,26)/t12-,13-,15+/m1/s1. The molecule has 12 heteroatoms. The third-order valence-electron chi connectivity index (χ3n) is 5.02. The molecule has 0 unspecified atom stereocenters. The molecule has 3 amide bonds. The van der Waals surface area contributed by atoms with Gasteiger partial charge in [0.25, 0.3) is 0 Å². The number of amides is 3. The van der Waals surface area contributed by atoms with Crippen LogP contribution < -0.4 is 16.0 Å². The van der Waals surface area contributed by atoms with E-state index in [0.717, 1.165) is 6.07 Å². The summed E-state index contributed by atoms with van der Waals surface area (Å²) < 4.78 is 63.1. The Morgan fingerprint density at radius 2 is 1.97 bits per heavy atom. The highest BCUT2D eigenvalue weighted by atomic mass is 79.9. The third kappa shape index (κ3) is 5.03. The Labute approximate surface area is 173 Å². The van der Waals surface area contributed by atoms with Gasteiger partial charge < -0.3 is 16.0 Å². The average Bonchev–Trinajstić information content (AvgIpc) is 3.04. The Hall–Kier alpha value is -1.82. The van der Waals surface area contributed by atoms with Crippen molar-refractivity contribution < 1.29 is 31.2 Å². The first-order valence-corrected chi connectivity index (χ1v) is 11.4. The van der Waals surface area contributed by atoms with E-state index in [4.69, 9.17) is 0 Å². The molecule has 0 aliphatic carbocycles. The predicted molar refractivity (Wildman–Crippen MR) is 103 cm³/mol. The zero-order valence-corrected chi connectivity index (χ0v) is 17.5. The number of hydrogen-bond acceptors (Lipinski definition) is 4. The van der Waals surface area contributed by atoms with E-state index in [0.29, 0.717) is 19.3 Å². The van der Waals surface area contributed by atoms with Crippen molar-refractivity contribution in [3.8, 4) is 0 Å². The maximum absolute atomic E-state index is 12.9. The maximum atomic E-state index is 12.9. The molecule has 1 aromatic rings. The average molecular weight is 498 g/mol. The zero-order valence-electron chi connectivity index (χ0n) is 15.1. The van der Waals surface area contributed by atoms with E-state index in [2.05, 4.69) is 31.9 Å². The molecule has 160 valence electrons. The number of rotatable bonds is 6. The van der Waals surface area contributed by atoms with Gasteiger partial charge in [-0.05, 0) is 31.0 Å². The minimum Gasteiger partial charge on any atom is -0.332 e. The summed E-state index contributed by atoms with van der Waals surface area (Å²) in [6.07, 6.45) is -3.39. The Kier molecular flexibility index (Phi) is 6.13. The van der Waals surface area contributed by atoms with Crippen LogP contribution in [0, 0.1) is 0 Å². The van der Waals surface area contributed by atoms with E-state index in [1.165, 1.54) is 12.1 Å². The van der Waals surface area contributed by atoms with Crippen LogP contribution in [0.2, 0.25) is 0 Å². The Morgan fingerprint density at radius 1 is 1.24 bits per heavy atom. The van der Waals surface area contributed by atoms with Crippen LogP contribution in [-0.4, -0.2) is 43.4 Å². The minimum absolute atomic E-state index is 0.0338. The Morgan fingerprint density at radius 3 is 2.66 bits per heavy atom. The van der Waals surface area contributed by atoms with E-state index >= 15 is 0 Å². The summed E-state index contributed by atoms with van der Waals surface area (Å²) in [7, 11) is -3.33. The zero-order chi connectivity index (χ0) is 21.4. The lowest BCUT2D eigenvalue weighted by atomic mass is 10.0. The van der Waals surface area contributed by atoms with Gasteiger partial charge in [0.1, 0.15) is 0 Å². The molecule has 3 atom stereocenters. The van der Waals surface area contributed by atoms with Gasteiger partial charge in [-0.2, -0.15) is 13.2 Å². The molecule has 3 rings (SSSR count). The van der Waals surface area contributed by atoms with Crippen molar-refractivity contribution in [2.45, 2.75) is 49.2 Å². The van der Waals surface area contributed by atoms with E-state index < -0.39 is 44.8 Å². The fourth-order valence-electron chi connectivity index (χ4n) is 3.68. The monoisotopic (exact) mass is 497 g/mol. The summed E-state index contributed by atoms with van der Waals surface area (Å²) in [5.41, 5.74) is -0.852. The second-order valence-corrected chi connectivity index (χ2v) is 10.2. The van der Waals surface area contributed by atoms with Crippen LogP contribution >= 0.6 is 15.9 Å². The smallest absolute Gasteiger partial charge is 0.332 e. The molecule has 7 nitrogen and oxygen atoms in total. The van der Waals surface area contributed by atoms with Crippen molar-refractivity contribution >= 4 is 43.4 Å². The molecule has 29 heavy (non-hydrogen) atoms. The van der Waals surface area contributed by atoms with Gasteiger partial charge in [0.2, 0.25) is 5.91 Å². The lowest BCUT2D eigenvalue weighted by molar-refractivity contribution is -0.138. The number of carbonyl (C=O) groups excluding carboxylic acids is 2. The minimum atomic E-state index is -4.55. The van der Waals surface area contributed by atoms with Crippen molar-refractivity contribution in [1.82, 2.24) is 10.6 Å². The number of carbonyl (C=O) groups is 2. The quantitative estimate of drug-likeness (QED) is 0.415. The van der Waals surface area contributed by atoms with E-state index in [1.54, 1.807) is 0 Å². The molecule has 0 aromatic heterocycles. The lowest BCUT2D eigenvalue weighted by Crippen LogP contribution is -2.39. The number of halogens is 4. The van der Waals surface area contributed by atoms with Gasteiger partial charge >= 0.3 is 12.2 Å². The van der Waals surface area contributed by atoms with Gasteiger partial charge in [0, 0.05) is 16.6 Å². The van der Waals surface area contributed by atoms with Crippen molar-refractivity contribution in [3.63, 3.8) is 0 Å². The van der Waals surface area contributed by atoms with Gasteiger partial charge in [0.15, 0.2) is 9.84 Å². The second-order valence-electron chi connectivity index (χ2n) is 7.10. The summed E-state index contributed by atoms with van der Waals surface area (Å²) in [5.74, 6) is -0.560. The van der Waals surface area contributed by atoms with Crippen molar-refractivity contribution in [1.29, 1.82) is 0 Å². The number of hydrogen-bond donors (Lipinski definition) is 3. The van der Waals surface area contributed by atoms with E-state index in [9.17, 15) is 31.2 Å². The van der Waals surface area contributed by atoms with Crippen LogP contribution in [0.25, 0.3) is 0 Å². The van der Waals surface area contributed by atoms with Gasteiger partial charge in [-0.25, -0.2) is 13.2 Å². The van der Waals surface area contributed by atoms with Gasteiger partial charge in [-0.1, -0.05) is 22.4 Å². The molecule has 0 saturated carbocycles. The molecule has 2 fully saturated rings. The first-order valence-electron chi connectivity index (χ1n) is 8.92. The SMILES string of the molecule is O=C(CCCC[C@@H]1[C@H]2NC(=O)N[C@@H]2CS1(=O)=O)Nc1ccc(Br)c(C(F)(F)F)c1. The molecule has 2 aliphatic heterocycles. The Bertz CT molecular complexity index is 923. The van der Waals surface area contributed by atoms with Crippen LogP contribution in [0.15, 0.2) is 22.7 Å². The third-order valence-corrected chi connectivity index (χ3v) is 7.99. The molecule has 2 aliphatic rings. The first-order chi connectivity index (χ1) is 13.5. The van der Waals surface area contributed by atoms with Gasteiger partial charge in [0.05, 0.1) is 28.6 Å². The molecule has 3 N–H and O–H groups in total. The molecule has 0 bridgehead atoms. The largest absolute Gasteiger partial charge is 0.417 e. The fourth-order valence-corrected chi connectivity index (χ4v) is 6.42. The van der Waals surface area contributed by atoms with Gasteiger partial charge in [-0.15, -0.1) is 0 Å². The van der Waals surface area contributed by atoms with Crippen molar-refractivity contribution in [3.05, 3.63) is 28.2 Å². The number of nitrogens with one attached hydrogen (secondary N) is 3. The van der Waals surface area contributed by atoms with Crippen LogP contribution in [0.1, 0.15) is 31.2 Å². The second kappa shape index (κ2) is 8.13. The highest BCUT2D eigenvalue weighted by molar-refractivity contribution is 9.10. The number of unbranched alkanes of at least 4 members (excludes halogenated alkanes) is 1. The van der Waals surface area contributed by atoms with Crippen LogP contribution in [0.5, 0.6) is 0 Å². The molecule has 0 spiro atoms. The maximum Gasteiger partial charge on any atom is 0.417 e. The van der Waals surface area contributed by atoms with Crippen LogP contribution in [0.3, 0.4) is 0 Å². The number of urea groups is 1. The molecule has 0 radical (unpaired) electrons. The van der Waals surface area contributed by atoms with Crippen molar-refractivity contribution in [2.24, 2.45) is 0 Å². The molecule has 2 heterocycles. The predicted octanol–water partition coefficient (Wildman–Crippen LogP) is 2.81. The molecule has 2 saturated heterocycles. The number of anilines is 1. The highest BCUT2D eigenvalue weighted by Gasteiger charge is 2.51. The van der Waals surface area contributed by atoms with Crippen LogP contribution in [0.4, 0.5) is 23.7 Å². The molecular formula is C17H19BrF3N3O4S. The summed E-state index contributed by atoms with van der Waals surface area (Å²) in [6, 6.07) is 2.14. The number of alkyl halides is 3. The van der Waals surface area contributed by atoms with Crippen LogP contribution in [-0.2, 0) is 20.8 Å². The number of benzene rings is 1. The first kappa shape index (κ1) is 21.9. The molecular weight excluding hydrogens is 479 g/mol. The summed E-state index contributed by atoms with van der Waals surface area (Å²) in [4.78, 5) is 23.4. The molecule has 1 aromatic carbocycles. The normalized spacial score (nSPS) is 25.2. The van der Waals surface area contributed by atoms with E-state index in [1.807, 2.05) is 0 Å². The number of sulfone groups is 1. The van der Waals surface area contributed by atoms with E-state index in [-0.39, 0.29) is 28.4 Å². The summed E-state index contributed by atoms with van der Waals surface area (Å²) in [5, 5.41) is 6.93. The number of fused-ring (bicyclic) bond motifs is 1. The highest BCUT2D eigenvalue weighted by Crippen LogP contribution is 2.36. The lowest BCUT2D eigenvalue weighted by Gasteiger charge is -2.16. The topological polar surface area (TPSA) is 104 Å². The summed E-state index contributed by atoms with van der Waals surface area (Å²) in [6.45, 7) is 0. The Balaban J connectivity index is 1.49. The summed E-state index contributed by atoms with van der Waals surface area (Å²) >= 11 is 2.84. The van der Waals surface area contributed by atoms with Crippen molar-refractivity contribution in [2.75, 3.05) is 11.1 Å². The fraction of sp³-hybridized carbons (Fsp3) is 0.529. The van der Waals surface area contributed by atoms with Gasteiger partial charge in [-0.3, -0.25) is 4.79 Å².